The van der Waals surface area contributed by atoms with Gasteiger partial charge in [0.15, 0.2) is 11.3 Å². The lowest BCUT2D eigenvalue weighted by molar-refractivity contribution is -0.149. The number of hydrogen-bond donors (Lipinski definition) is 1. The number of imidazole rings is 1. The Balaban J connectivity index is 0.712. The number of likely N-dealkylation sites (N-methyl/N-ethyl adjacent to an activating group) is 1. The lowest BCUT2D eigenvalue weighted by atomic mass is 9.85. The normalized spacial score (nSPS) is 26.2. The van der Waals surface area contributed by atoms with Crippen LogP contribution < -0.4 is 15.9 Å². The summed E-state index contributed by atoms with van der Waals surface area (Å²) in [6, 6.07) is 6.77. The van der Waals surface area contributed by atoms with Gasteiger partial charge in [0, 0.05) is 59.1 Å². The van der Waals surface area contributed by atoms with Crippen LogP contribution in [0.2, 0.25) is 0 Å². The number of ether oxygens (including phenoxy) is 2. The predicted molar refractivity (Wildman–Crippen MR) is 235 cm³/mol. The minimum Gasteiger partial charge on any atom is -0.374 e. The van der Waals surface area contributed by atoms with Crippen LogP contribution in [0.15, 0.2) is 47.7 Å². The average Bonchev–Trinajstić information content (AvgIpc) is 4.15. The largest absolute Gasteiger partial charge is 0.374 e. The molecule has 3 amide bonds. The van der Waals surface area contributed by atoms with Gasteiger partial charge in [-0.2, -0.15) is 10.2 Å². The van der Waals surface area contributed by atoms with Gasteiger partial charge < -0.3 is 24.6 Å². The van der Waals surface area contributed by atoms with Crippen molar-refractivity contribution in [2.24, 2.45) is 18.9 Å². The van der Waals surface area contributed by atoms with Crippen LogP contribution in [0.25, 0.3) is 16.7 Å². The summed E-state index contributed by atoms with van der Waals surface area (Å²) in [5.74, 6) is 6.62. The van der Waals surface area contributed by atoms with Gasteiger partial charge in [-0.15, -0.1) is 0 Å². The highest BCUT2D eigenvalue weighted by Gasteiger charge is 2.40. The Bertz CT molecular complexity index is 2780. The number of morpholine rings is 1. The second-order valence-electron chi connectivity index (χ2n) is 18.4. The number of hydrogen-bond acceptors (Lipinski definition) is 11. The molecule has 0 radical (unpaired) electrons. The Morgan fingerprint density at radius 2 is 1.88 bits per heavy atom. The quantitative estimate of drug-likeness (QED) is 0.154. The highest BCUT2D eigenvalue weighted by Crippen LogP contribution is 2.37. The first-order valence-electron chi connectivity index (χ1n) is 22.7. The molecule has 10 rings (SSSR count). The van der Waals surface area contributed by atoms with E-state index in [1.807, 2.05) is 18.2 Å². The van der Waals surface area contributed by atoms with Crippen LogP contribution in [-0.2, 0) is 26.1 Å². The number of imide groups is 1. The number of aryl methyl sites for hydroxylation is 1. The van der Waals surface area contributed by atoms with E-state index in [0.717, 1.165) is 75.4 Å². The van der Waals surface area contributed by atoms with E-state index in [1.165, 1.54) is 33.1 Å². The summed E-state index contributed by atoms with van der Waals surface area (Å²) in [6.07, 6.45) is 7.81. The maximum absolute atomic E-state index is 14.3. The summed E-state index contributed by atoms with van der Waals surface area (Å²) >= 11 is 0. The van der Waals surface area contributed by atoms with Crippen LogP contribution in [0, 0.1) is 23.7 Å². The van der Waals surface area contributed by atoms with Crippen molar-refractivity contribution in [3.8, 4) is 11.8 Å². The van der Waals surface area contributed by atoms with Crippen molar-refractivity contribution in [3.63, 3.8) is 0 Å². The number of anilines is 2. The number of carbonyl (C=O) groups excluding carboxylic acids is 3. The number of amides is 3. The number of likely N-dealkylation sites (tertiary alicyclic amines) is 2. The predicted octanol–water partition coefficient (Wildman–Crippen LogP) is 4.58. The van der Waals surface area contributed by atoms with E-state index >= 15 is 0 Å². The summed E-state index contributed by atoms with van der Waals surface area (Å²) < 4.78 is 46.8. The van der Waals surface area contributed by atoms with Gasteiger partial charge in [-0.3, -0.25) is 33.1 Å². The fourth-order valence-electron chi connectivity index (χ4n) is 10.7. The summed E-state index contributed by atoms with van der Waals surface area (Å²) in [4.78, 5) is 62.6. The number of carbonyl (C=O) groups is 3. The highest BCUT2D eigenvalue weighted by atomic mass is 19.3. The molecule has 1 unspecified atom stereocenters. The van der Waals surface area contributed by atoms with Crippen molar-refractivity contribution < 1.29 is 32.6 Å². The molecule has 1 N–H and O–H groups in total. The Kier molecular flexibility index (Phi) is 11.5. The van der Waals surface area contributed by atoms with Crippen LogP contribution in [0.1, 0.15) is 98.4 Å². The molecule has 4 saturated heterocycles. The Morgan fingerprint density at radius 3 is 2.63 bits per heavy atom. The first-order valence-corrected chi connectivity index (χ1v) is 22.7. The van der Waals surface area contributed by atoms with Crippen molar-refractivity contribution in [2.75, 3.05) is 56.7 Å². The molecule has 1 aromatic carbocycles. The minimum atomic E-state index is -2.87. The average molecular weight is 894 g/mol. The third-order valence-electron chi connectivity index (χ3n) is 14.3. The number of aromatic nitrogens is 7. The molecule has 2 bridgehead atoms. The first-order chi connectivity index (χ1) is 31.4. The van der Waals surface area contributed by atoms with Gasteiger partial charge in [-0.1, -0.05) is 24.8 Å². The first kappa shape index (κ1) is 43.0. The molecule has 5 atom stereocenters. The molecule has 5 fully saturated rings. The number of fused-ring (bicyclic) bond motifs is 4. The third-order valence-corrected chi connectivity index (χ3v) is 14.3. The second kappa shape index (κ2) is 17.4. The fraction of sp³-hybridized carbons (Fsp3) is 0.543. The van der Waals surface area contributed by atoms with E-state index in [4.69, 9.17) is 14.5 Å². The summed E-state index contributed by atoms with van der Waals surface area (Å²) in [5.41, 5.74) is 1.65. The number of rotatable bonds is 10. The number of para-hydroxylation sites is 1. The summed E-state index contributed by atoms with van der Waals surface area (Å²) in [6.45, 7) is 6.55. The zero-order chi connectivity index (χ0) is 45.1. The van der Waals surface area contributed by atoms with Crippen molar-refractivity contribution in [2.45, 2.75) is 95.0 Å². The number of benzene rings is 1. The monoisotopic (exact) mass is 893 g/mol. The van der Waals surface area contributed by atoms with Crippen LogP contribution >= 0.6 is 0 Å². The Morgan fingerprint density at radius 1 is 1.05 bits per heavy atom. The van der Waals surface area contributed by atoms with Crippen LogP contribution in [0.4, 0.5) is 20.3 Å². The molecule has 19 heteroatoms. The maximum atomic E-state index is 14.3. The topological polar surface area (TPSA) is 166 Å². The molecule has 4 aliphatic heterocycles. The van der Waals surface area contributed by atoms with Gasteiger partial charge in [0.2, 0.25) is 5.91 Å². The van der Waals surface area contributed by atoms with Gasteiger partial charge in [0.1, 0.15) is 24.0 Å². The molecule has 0 spiro atoms. The second-order valence-corrected chi connectivity index (χ2v) is 18.4. The number of halogens is 2. The molecule has 8 heterocycles. The number of nitrogens with zero attached hydrogens (tertiary/aromatic N) is 10. The lowest BCUT2D eigenvalue weighted by Gasteiger charge is -2.39. The van der Waals surface area contributed by atoms with E-state index in [0.29, 0.717) is 34.8 Å². The number of alkyl halides is 2. The van der Waals surface area contributed by atoms with E-state index in [-0.39, 0.29) is 78.4 Å². The number of nitrogens with one attached hydrogen (secondary N) is 1. The zero-order valence-electron chi connectivity index (χ0n) is 36.7. The molecule has 17 nitrogen and oxygen atoms in total. The van der Waals surface area contributed by atoms with E-state index in [2.05, 4.69) is 44.1 Å². The molecular weight excluding hydrogens is 841 g/mol. The van der Waals surface area contributed by atoms with E-state index in [9.17, 15) is 28.0 Å². The van der Waals surface area contributed by atoms with Gasteiger partial charge in [-0.25, -0.2) is 23.1 Å². The lowest BCUT2D eigenvalue weighted by Crippen LogP contribution is -2.45. The highest BCUT2D eigenvalue weighted by molar-refractivity contribution is 6.08. The standard InChI is InChI=1S/C46H53F2N11O6/c1-27-22-55(17-15-37(27)64-19-5-7-29-6-4-8-35-41(29)54(3)46(63)59(35)36-13-14-39(60)53(2)45(36)62)23-28-9-11-30(12-10-28)58-25-34(40(52-58)42(47)48)50-44(61)33-21-49-57-18-16-38(51-43(33)57)56-24-32-20-31(56)26-65-32/h4,6,8,16,18,21,25,27-28,30-32,36-37,42H,9-15,17,19-20,22-24,26H2,1-3H3,(H,50,61)/t27-,28?,30?,31+,32+,36?,37-/m0/s1. The molecule has 1 saturated carbocycles. The van der Waals surface area contributed by atoms with E-state index < -0.39 is 24.1 Å². The molecule has 5 aromatic rings. The smallest absolute Gasteiger partial charge is 0.329 e. The number of piperidine rings is 2. The van der Waals surface area contributed by atoms with Gasteiger partial charge in [-0.05, 0) is 75.0 Å². The van der Waals surface area contributed by atoms with Crippen molar-refractivity contribution in [1.29, 1.82) is 0 Å². The van der Waals surface area contributed by atoms with Gasteiger partial charge >= 0.3 is 5.69 Å². The third kappa shape index (κ3) is 8.09. The summed E-state index contributed by atoms with van der Waals surface area (Å²) in [7, 11) is 3.12. The molecule has 5 aliphatic rings. The molecule has 4 aromatic heterocycles. The van der Waals surface area contributed by atoms with Crippen molar-refractivity contribution >= 4 is 45.9 Å². The van der Waals surface area contributed by atoms with Crippen molar-refractivity contribution in [3.05, 3.63) is 70.2 Å². The minimum absolute atomic E-state index is 0.0110. The SMILES string of the molecule is C[C@H]1CN(CC2CCC(n3cc(NC(=O)c4cnn5ccc(N6C[C@H]7C[C@@H]6CO7)nc45)c(C(F)F)n3)CC2)CC[C@@H]1OCC#Cc1cccc2c1n(C)c(=O)n2C1CCC(=O)N(C)C1=O. The summed E-state index contributed by atoms with van der Waals surface area (Å²) in [5, 5.41) is 11.3. The molecule has 342 valence electrons. The molecular formula is C46H53F2N11O6. The van der Waals surface area contributed by atoms with Gasteiger partial charge in [0.25, 0.3) is 18.2 Å². The Labute approximate surface area is 373 Å². The van der Waals surface area contributed by atoms with Crippen LogP contribution in [-0.4, -0.2) is 126 Å². The molecule has 1 aliphatic carbocycles. The van der Waals surface area contributed by atoms with Crippen LogP contribution in [0.5, 0.6) is 0 Å². The van der Waals surface area contributed by atoms with Crippen LogP contribution in [0.3, 0.4) is 0 Å². The molecule has 65 heavy (non-hydrogen) atoms. The zero-order valence-corrected chi connectivity index (χ0v) is 36.7. The van der Waals surface area contributed by atoms with Gasteiger partial charge in [0.05, 0.1) is 59.4 Å². The van der Waals surface area contributed by atoms with Crippen molar-refractivity contribution in [1.82, 2.24) is 43.3 Å². The Hall–Kier alpha value is -5.97. The fourth-order valence-corrected chi connectivity index (χ4v) is 10.7. The van der Waals surface area contributed by atoms with E-state index in [1.54, 1.807) is 24.0 Å². The maximum Gasteiger partial charge on any atom is 0.329 e.